The molecule has 0 aliphatic carbocycles. The van der Waals surface area contributed by atoms with Crippen LogP contribution < -0.4 is 10.2 Å². The van der Waals surface area contributed by atoms with E-state index in [-0.39, 0.29) is 26.6 Å². The lowest BCUT2D eigenvalue weighted by Gasteiger charge is -2.21. The van der Waals surface area contributed by atoms with Gasteiger partial charge in [0.05, 0.1) is 12.3 Å². The van der Waals surface area contributed by atoms with Crippen LogP contribution in [0.4, 0.5) is 5.69 Å². The highest BCUT2D eigenvalue weighted by atomic mass is 127. The molecule has 0 radical (unpaired) electrons. The van der Waals surface area contributed by atoms with Gasteiger partial charge in [0.15, 0.2) is 0 Å². The Morgan fingerprint density at radius 2 is 2.00 bits per heavy atom. The Balaban J connectivity index is 1.61. The molecule has 0 bridgehead atoms. The Bertz CT molecular complexity index is 951. The van der Waals surface area contributed by atoms with Gasteiger partial charge >= 0.3 is 0 Å². The molecule has 0 atom stereocenters. The maximum Gasteiger partial charge on any atom is 0.269 e. The Morgan fingerprint density at radius 3 is 2.70 bits per heavy atom. The standard InChI is InChI=1S/C20H22IN5O/c1-3-25(4-2)15-7-5-14(6-8-15)19-21-10-9-16(23-19)17-13-18-20(27)22-11-12-26(18)24-17/h5-10,13H,3-4,11-12H2,1-2H3,(H,22,27). The van der Waals surface area contributed by atoms with Gasteiger partial charge in [-0.2, -0.15) is 5.10 Å². The second-order valence-corrected chi connectivity index (χ2v) is 8.67. The number of amides is 1. The summed E-state index contributed by atoms with van der Waals surface area (Å²) in [5.41, 5.74) is 4.61. The summed E-state index contributed by atoms with van der Waals surface area (Å²) in [4.78, 5) is 19.2. The summed E-state index contributed by atoms with van der Waals surface area (Å²) in [5, 5.41) is 7.43. The first-order valence-corrected chi connectivity index (χ1v) is 11.5. The molecule has 0 spiro atoms. The molecule has 2 aliphatic heterocycles. The third-order valence-electron chi connectivity index (χ3n) is 4.72. The van der Waals surface area contributed by atoms with E-state index < -0.39 is 0 Å². The molecule has 7 heteroatoms. The van der Waals surface area contributed by atoms with Crippen LogP contribution in [-0.2, 0) is 6.54 Å². The molecule has 0 saturated carbocycles. The fourth-order valence-electron chi connectivity index (χ4n) is 3.25. The van der Waals surface area contributed by atoms with Gasteiger partial charge in [-0.05, 0) is 42.2 Å². The molecular formula is C20H22IN5O. The van der Waals surface area contributed by atoms with Gasteiger partial charge in [-0.25, -0.2) is 4.99 Å². The van der Waals surface area contributed by atoms with Gasteiger partial charge in [0.25, 0.3) is 5.91 Å². The normalized spacial score (nSPS) is 16.0. The third kappa shape index (κ3) is 3.60. The fraction of sp³-hybridized carbons (Fsp3) is 0.300. The van der Waals surface area contributed by atoms with Crippen molar-refractivity contribution in [2.45, 2.75) is 20.4 Å². The summed E-state index contributed by atoms with van der Waals surface area (Å²) in [6, 6.07) is 10.5. The van der Waals surface area contributed by atoms with Crippen molar-refractivity contribution in [1.82, 2.24) is 15.1 Å². The number of rotatable bonds is 5. The zero-order valence-electron chi connectivity index (χ0n) is 15.4. The van der Waals surface area contributed by atoms with E-state index in [0.29, 0.717) is 18.8 Å². The first-order chi connectivity index (χ1) is 13.2. The summed E-state index contributed by atoms with van der Waals surface area (Å²) < 4.78 is 5.12. The number of anilines is 1. The van der Waals surface area contributed by atoms with Crippen LogP contribution in [-0.4, -0.2) is 44.7 Å². The molecule has 0 unspecified atom stereocenters. The second-order valence-electron chi connectivity index (χ2n) is 6.30. The highest BCUT2D eigenvalue weighted by Gasteiger charge is 2.21. The maximum atomic E-state index is 12.0. The first-order valence-electron chi connectivity index (χ1n) is 9.17. The number of halogens is 1. The summed E-state index contributed by atoms with van der Waals surface area (Å²) in [5.74, 6) is -0.0657. The number of nitrogens with one attached hydrogen (secondary N) is 1. The number of benzene rings is 1. The molecule has 140 valence electrons. The van der Waals surface area contributed by atoms with Crippen molar-refractivity contribution in [2.24, 2.45) is 4.99 Å². The largest absolute Gasteiger partial charge is 0.372 e. The molecule has 1 aromatic carbocycles. The van der Waals surface area contributed by atoms with Crippen molar-refractivity contribution in [3.8, 4) is 0 Å². The van der Waals surface area contributed by atoms with Gasteiger partial charge in [-0.15, -0.1) is 0 Å². The van der Waals surface area contributed by atoms with Crippen LogP contribution in [0.15, 0.2) is 45.5 Å². The minimum absolute atomic E-state index is 0.0657. The number of carbonyl (C=O) groups excluding carboxylic acids is 1. The van der Waals surface area contributed by atoms with E-state index in [1.165, 1.54) is 11.3 Å². The minimum Gasteiger partial charge on any atom is -0.372 e. The van der Waals surface area contributed by atoms with Crippen LogP contribution in [0, 0.1) is 0 Å². The number of aliphatic imine (C=N–C) groups is 1. The van der Waals surface area contributed by atoms with Crippen molar-refractivity contribution < 1.29 is 4.79 Å². The van der Waals surface area contributed by atoms with E-state index in [1.54, 1.807) is 4.68 Å². The van der Waals surface area contributed by atoms with Crippen LogP contribution in [0.25, 0.3) is 0 Å². The van der Waals surface area contributed by atoms with E-state index in [0.717, 1.165) is 28.1 Å². The zero-order valence-corrected chi connectivity index (χ0v) is 17.6. The number of fused-ring (bicyclic) bond motifs is 1. The smallest absolute Gasteiger partial charge is 0.269 e. The molecular weight excluding hydrogens is 453 g/mol. The van der Waals surface area contributed by atoms with Crippen molar-refractivity contribution in [3.05, 3.63) is 57.4 Å². The minimum atomic E-state index is -0.266. The lowest BCUT2D eigenvalue weighted by Crippen LogP contribution is -2.35. The average Bonchev–Trinajstić information content (AvgIpc) is 3.15. The molecule has 4 rings (SSSR count). The quantitative estimate of drug-likeness (QED) is 0.677. The molecule has 0 saturated heterocycles. The zero-order chi connectivity index (χ0) is 18.8. The number of carbonyl (C=O) groups is 1. The SMILES string of the molecule is CCN(CC)c1ccc(C2=IC=CC(c3cc4n(n3)CCNC4=O)=N2)cc1. The Labute approximate surface area is 168 Å². The topological polar surface area (TPSA) is 62.5 Å². The molecule has 27 heavy (non-hydrogen) atoms. The van der Waals surface area contributed by atoms with Crippen molar-refractivity contribution >= 4 is 41.7 Å². The van der Waals surface area contributed by atoms with Crippen molar-refractivity contribution in [3.63, 3.8) is 0 Å². The predicted molar refractivity (Wildman–Crippen MR) is 118 cm³/mol. The van der Waals surface area contributed by atoms with E-state index in [2.05, 4.69) is 57.5 Å². The molecule has 1 amide bonds. The Morgan fingerprint density at radius 1 is 1.22 bits per heavy atom. The van der Waals surface area contributed by atoms with Gasteiger partial charge in [-0.3, -0.25) is 9.48 Å². The second kappa shape index (κ2) is 7.75. The third-order valence-corrected chi connectivity index (χ3v) is 6.90. The van der Waals surface area contributed by atoms with Crippen molar-refractivity contribution in [1.29, 1.82) is 0 Å². The molecule has 1 N–H and O–H groups in total. The van der Waals surface area contributed by atoms with Crippen molar-refractivity contribution in [2.75, 3.05) is 24.5 Å². The number of allylic oxidation sites excluding steroid dienone is 1. The van der Waals surface area contributed by atoms with Crippen LogP contribution in [0.5, 0.6) is 0 Å². The molecule has 0 fully saturated rings. The molecule has 2 aliphatic rings. The summed E-state index contributed by atoms with van der Waals surface area (Å²) in [6.07, 6.45) is 2.04. The highest BCUT2D eigenvalue weighted by Crippen LogP contribution is 2.22. The van der Waals surface area contributed by atoms with E-state index >= 15 is 0 Å². The lowest BCUT2D eigenvalue weighted by atomic mass is 10.2. The van der Waals surface area contributed by atoms with Crippen LogP contribution >= 0.6 is 20.7 Å². The van der Waals surface area contributed by atoms with Gasteiger partial charge in [0.2, 0.25) is 0 Å². The van der Waals surface area contributed by atoms with E-state index in [1.807, 2.05) is 12.1 Å². The van der Waals surface area contributed by atoms with Gasteiger partial charge in [0, 0.05) is 30.9 Å². The van der Waals surface area contributed by atoms with Crippen LogP contribution in [0.2, 0.25) is 0 Å². The molecule has 2 aromatic rings. The van der Waals surface area contributed by atoms with E-state index in [4.69, 9.17) is 4.99 Å². The molecule has 3 heterocycles. The maximum absolute atomic E-state index is 12.0. The van der Waals surface area contributed by atoms with Gasteiger partial charge in [0.1, 0.15) is 15.0 Å². The molecule has 1 aromatic heterocycles. The summed E-state index contributed by atoms with van der Waals surface area (Å²) in [6.45, 7) is 7.67. The van der Waals surface area contributed by atoms with Crippen LogP contribution in [0.3, 0.4) is 0 Å². The number of aromatic nitrogens is 2. The Kier molecular flexibility index (Phi) is 5.20. The monoisotopic (exact) mass is 475 g/mol. The van der Waals surface area contributed by atoms with Crippen LogP contribution in [0.1, 0.15) is 35.6 Å². The summed E-state index contributed by atoms with van der Waals surface area (Å²) >= 11 is -0.266. The van der Waals surface area contributed by atoms with E-state index in [9.17, 15) is 4.79 Å². The Hall–Kier alpha value is -2.29. The predicted octanol–water partition coefficient (Wildman–Crippen LogP) is 2.94. The van der Waals surface area contributed by atoms with Gasteiger partial charge in [-0.1, -0.05) is 32.9 Å². The number of hydrogen-bond acceptors (Lipinski definition) is 4. The molecule has 6 nitrogen and oxygen atoms in total. The lowest BCUT2D eigenvalue weighted by molar-refractivity contribution is 0.0924. The highest BCUT2D eigenvalue weighted by molar-refractivity contribution is 14.2. The average molecular weight is 475 g/mol. The van der Waals surface area contributed by atoms with Gasteiger partial charge < -0.3 is 10.2 Å². The summed E-state index contributed by atoms with van der Waals surface area (Å²) in [7, 11) is 0. The fourth-order valence-corrected chi connectivity index (χ4v) is 5.23. The number of hydrogen-bond donors (Lipinski definition) is 1. The number of nitrogens with zero attached hydrogens (tertiary/aromatic N) is 4. The first kappa shape index (κ1) is 18.1.